The summed E-state index contributed by atoms with van der Waals surface area (Å²) in [4.78, 5) is 10.7. The minimum Gasteiger partial charge on any atom is -0.393 e. The van der Waals surface area contributed by atoms with Gasteiger partial charge in [-0.1, -0.05) is 0 Å². The molecule has 0 radical (unpaired) electrons. The quantitative estimate of drug-likeness (QED) is 0.745. The molecule has 96 valence electrons. The van der Waals surface area contributed by atoms with Crippen LogP contribution in [0.5, 0.6) is 0 Å². The van der Waals surface area contributed by atoms with Crippen molar-refractivity contribution in [2.45, 2.75) is 32.9 Å². The van der Waals surface area contributed by atoms with Crippen LogP contribution in [0.2, 0.25) is 0 Å². The molecule has 5 nitrogen and oxygen atoms in total. The summed E-state index contributed by atoms with van der Waals surface area (Å²) in [7, 11) is 2.02. The first kappa shape index (κ1) is 13.9. The first-order valence-corrected chi connectivity index (χ1v) is 6.03. The van der Waals surface area contributed by atoms with Crippen molar-refractivity contribution < 1.29 is 5.11 Å². The van der Waals surface area contributed by atoms with Gasteiger partial charge in [-0.2, -0.15) is 0 Å². The first-order valence-electron chi connectivity index (χ1n) is 6.03. The fourth-order valence-corrected chi connectivity index (χ4v) is 1.47. The maximum absolute atomic E-state index is 9.20. The summed E-state index contributed by atoms with van der Waals surface area (Å²) in [5.74, 6) is 0.808. The minimum atomic E-state index is -0.250. The largest absolute Gasteiger partial charge is 0.393 e. The molecule has 0 amide bonds. The highest BCUT2D eigenvalue weighted by Crippen LogP contribution is 2.03. The number of aromatic nitrogens is 2. The second kappa shape index (κ2) is 7.19. The number of nitrogens with one attached hydrogen (secondary N) is 1. The topological polar surface area (TPSA) is 61.3 Å². The molecule has 0 aliphatic rings. The summed E-state index contributed by atoms with van der Waals surface area (Å²) in [5, 5.41) is 12.3. The molecular weight excluding hydrogens is 216 g/mol. The molecule has 1 aromatic rings. The van der Waals surface area contributed by atoms with Gasteiger partial charge in [-0.3, -0.25) is 4.98 Å². The lowest BCUT2D eigenvalue weighted by molar-refractivity contribution is 0.162. The van der Waals surface area contributed by atoms with Crippen LogP contribution < -0.4 is 5.32 Å². The zero-order valence-electron chi connectivity index (χ0n) is 10.8. The second-order valence-corrected chi connectivity index (χ2v) is 4.30. The highest BCUT2D eigenvalue weighted by atomic mass is 16.3. The smallest absolute Gasteiger partial charge is 0.144 e. The van der Waals surface area contributed by atoms with Crippen LogP contribution in [-0.4, -0.2) is 46.2 Å². The molecule has 0 aliphatic heterocycles. The van der Waals surface area contributed by atoms with Crippen molar-refractivity contribution in [3.05, 3.63) is 18.1 Å². The van der Waals surface area contributed by atoms with Crippen LogP contribution in [0.25, 0.3) is 0 Å². The third kappa shape index (κ3) is 5.60. The molecule has 17 heavy (non-hydrogen) atoms. The van der Waals surface area contributed by atoms with Crippen LogP contribution in [0.4, 0.5) is 5.82 Å². The Bertz CT molecular complexity index is 313. The highest BCUT2D eigenvalue weighted by molar-refractivity contribution is 5.30. The molecule has 1 atom stereocenters. The molecule has 0 fully saturated rings. The van der Waals surface area contributed by atoms with Gasteiger partial charge in [0.1, 0.15) is 5.82 Å². The Hall–Kier alpha value is -1.20. The molecule has 0 spiro atoms. The number of nitrogens with zero attached hydrogens (tertiary/aromatic N) is 3. The van der Waals surface area contributed by atoms with Crippen molar-refractivity contribution in [1.29, 1.82) is 0 Å². The minimum absolute atomic E-state index is 0.250. The van der Waals surface area contributed by atoms with Crippen LogP contribution >= 0.6 is 0 Å². The molecule has 0 bridgehead atoms. The van der Waals surface area contributed by atoms with E-state index in [0.717, 1.165) is 37.6 Å². The normalized spacial score (nSPS) is 12.8. The van der Waals surface area contributed by atoms with Gasteiger partial charge in [-0.15, -0.1) is 0 Å². The number of aliphatic hydroxyl groups is 1. The Kier molecular flexibility index (Phi) is 5.86. The van der Waals surface area contributed by atoms with Gasteiger partial charge in [-0.25, -0.2) is 4.98 Å². The second-order valence-electron chi connectivity index (χ2n) is 4.30. The van der Waals surface area contributed by atoms with Gasteiger partial charge in [0.15, 0.2) is 0 Å². The average molecular weight is 238 g/mol. The molecule has 0 aliphatic carbocycles. The van der Waals surface area contributed by atoms with E-state index in [-0.39, 0.29) is 6.10 Å². The van der Waals surface area contributed by atoms with Gasteiger partial charge in [0.25, 0.3) is 0 Å². The lowest BCUT2D eigenvalue weighted by Gasteiger charge is -2.16. The molecule has 0 saturated heterocycles. The third-order valence-corrected chi connectivity index (χ3v) is 2.42. The fraction of sp³-hybridized carbons (Fsp3) is 0.667. The van der Waals surface area contributed by atoms with Gasteiger partial charge < -0.3 is 15.3 Å². The molecule has 1 heterocycles. The predicted octanol–water partition coefficient (Wildman–Crippen LogP) is 1.11. The Labute approximate surface area is 103 Å². The molecule has 1 aromatic heterocycles. The predicted molar refractivity (Wildman–Crippen MR) is 68.8 cm³/mol. The molecule has 2 N–H and O–H groups in total. The Morgan fingerprint density at radius 1 is 1.41 bits per heavy atom. The number of hydrogen-bond donors (Lipinski definition) is 2. The Balaban J connectivity index is 2.40. The van der Waals surface area contributed by atoms with Gasteiger partial charge in [0, 0.05) is 19.6 Å². The number of aliphatic hydroxyl groups excluding tert-OH is 1. The van der Waals surface area contributed by atoms with E-state index in [2.05, 4.69) is 20.2 Å². The van der Waals surface area contributed by atoms with Crippen molar-refractivity contribution in [2.75, 3.05) is 25.5 Å². The summed E-state index contributed by atoms with van der Waals surface area (Å²) in [5.41, 5.74) is 0.944. The van der Waals surface area contributed by atoms with Gasteiger partial charge in [-0.05, 0) is 27.3 Å². The van der Waals surface area contributed by atoms with Crippen LogP contribution in [-0.2, 0) is 6.54 Å². The molecule has 0 aromatic carbocycles. The zero-order valence-corrected chi connectivity index (χ0v) is 10.8. The van der Waals surface area contributed by atoms with Crippen molar-refractivity contribution in [3.8, 4) is 0 Å². The summed E-state index contributed by atoms with van der Waals surface area (Å²) < 4.78 is 0. The number of rotatable bonds is 7. The maximum Gasteiger partial charge on any atom is 0.144 e. The molecule has 1 rings (SSSR count). The van der Waals surface area contributed by atoms with Gasteiger partial charge >= 0.3 is 0 Å². The average Bonchev–Trinajstić information content (AvgIpc) is 2.29. The first-order chi connectivity index (χ1) is 8.11. The van der Waals surface area contributed by atoms with Crippen LogP contribution in [0.1, 0.15) is 26.0 Å². The highest BCUT2D eigenvalue weighted by Gasteiger charge is 2.04. The Morgan fingerprint density at radius 3 is 2.71 bits per heavy atom. The van der Waals surface area contributed by atoms with E-state index in [1.165, 1.54) is 0 Å². The standard InChI is InChI=1S/C12H22N4O/c1-4-13-12-8-14-11(7-15-12)9-16(3)6-5-10(2)17/h7-8,10,17H,4-6,9H2,1-3H3,(H,13,15). The van der Waals surface area contributed by atoms with Gasteiger partial charge in [0.2, 0.25) is 0 Å². The van der Waals surface area contributed by atoms with Crippen molar-refractivity contribution >= 4 is 5.82 Å². The van der Waals surface area contributed by atoms with Crippen molar-refractivity contribution in [3.63, 3.8) is 0 Å². The van der Waals surface area contributed by atoms with E-state index in [9.17, 15) is 5.11 Å². The van der Waals surface area contributed by atoms with E-state index in [4.69, 9.17) is 0 Å². The summed E-state index contributed by atoms with van der Waals surface area (Å²) >= 11 is 0. The van der Waals surface area contributed by atoms with Crippen LogP contribution in [0.3, 0.4) is 0 Å². The van der Waals surface area contributed by atoms with Crippen LogP contribution in [0.15, 0.2) is 12.4 Å². The molecule has 5 heteroatoms. The zero-order chi connectivity index (χ0) is 12.7. The third-order valence-electron chi connectivity index (χ3n) is 2.42. The summed E-state index contributed by atoms with van der Waals surface area (Å²) in [6.45, 7) is 6.29. The number of anilines is 1. The van der Waals surface area contributed by atoms with E-state index >= 15 is 0 Å². The van der Waals surface area contributed by atoms with E-state index in [1.54, 1.807) is 19.3 Å². The summed E-state index contributed by atoms with van der Waals surface area (Å²) in [6.07, 6.45) is 4.07. The molecule has 0 saturated carbocycles. The SMILES string of the molecule is CCNc1cnc(CN(C)CCC(C)O)cn1. The van der Waals surface area contributed by atoms with Gasteiger partial charge in [0.05, 0.1) is 24.2 Å². The molecular formula is C12H22N4O. The van der Waals surface area contributed by atoms with Crippen molar-refractivity contribution in [2.24, 2.45) is 0 Å². The maximum atomic E-state index is 9.20. The lowest BCUT2D eigenvalue weighted by Crippen LogP contribution is -2.22. The van der Waals surface area contributed by atoms with Crippen LogP contribution in [0, 0.1) is 0 Å². The van der Waals surface area contributed by atoms with E-state index in [1.807, 2.05) is 14.0 Å². The summed E-state index contributed by atoms with van der Waals surface area (Å²) in [6, 6.07) is 0. The monoisotopic (exact) mass is 238 g/mol. The fourth-order valence-electron chi connectivity index (χ4n) is 1.47. The van der Waals surface area contributed by atoms with E-state index in [0.29, 0.717) is 0 Å². The Morgan fingerprint density at radius 2 is 2.18 bits per heavy atom. The number of hydrogen-bond acceptors (Lipinski definition) is 5. The molecule has 1 unspecified atom stereocenters. The van der Waals surface area contributed by atoms with E-state index < -0.39 is 0 Å². The van der Waals surface area contributed by atoms with Crippen molar-refractivity contribution in [1.82, 2.24) is 14.9 Å². The lowest BCUT2D eigenvalue weighted by atomic mass is 10.2.